The van der Waals surface area contributed by atoms with Gasteiger partial charge in [-0.3, -0.25) is 0 Å². The summed E-state index contributed by atoms with van der Waals surface area (Å²) in [7, 11) is 1.85. The molecule has 82 valence electrons. The molecular formula is C11H13F2NS. The van der Waals surface area contributed by atoms with E-state index in [1.165, 1.54) is 12.1 Å². The summed E-state index contributed by atoms with van der Waals surface area (Å²) >= 11 is 1.61. The molecule has 0 saturated heterocycles. The zero-order valence-corrected chi connectivity index (χ0v) is 9.50. The number of benzene rings is 1. The summed E-state index contributed by atoms with van der Waals surface area (Å²) in [5.74, 6) is -1.52. The Morgan fingerprint density at radius 3 is 2.67 bits per heavy atom. The molecule has 1 aliphatic heterocycles. The average molecular weight is 229 g/mol. The fraction of sp³-hybridized carbons (Fsp3) is 0.455. The fourth-order valence-electron chi connectivity index (χ4n) is 1.92. The minimum absolute atomic E-state index is 0.131. The molecule has 0 radical (unpaired) electrons. The summed E-state index contributed by atoms with van der Waals surface area (Å²) in [5.41, 5.74) is 0.875. The fourth-order valence-corrected chi connectivity index (χ4v) is 3.15. The Bertz CT molecular complexity index is 381. The van der Waals surface area contributed by atoms with Crippen molar-refractivity contribution in [1.29, 1.82) is 0 Å². The maximum atomic E-state index is 13.1. The highest BCUT2D eigenvalue weighted by Crippen LogP contribution is 2.41. The first-order chi connectivity index (χ1) is 7.11. The van der Waals surface area contributed by atoms with Gasteiger partial charge in [0.2, 0.25) is 0 Å². The summed E-state index contributed by atoms with van der Waals surface area (Å²) in [4.78, 5) is 0.854. The van der Waals surface area contributed by atoms with Gasteiger partial charge in [0.15, 0.2) is 11.6 Å². The van der Waals surface area contributed by atoms with Gasteiger partial charge >= 0.3 is 0 Å². The molecule has 1 aromatic rings. The van der Waals surface area contributed by atoms with Crippen LogP contribution in [-0.4, -0.2) is 12.3 Å². The zero-order valence-electron chi connectivity index (χ0n) is 8.68. The first-order valence-electron chi connectivity index (χ1n) is 4.94. The number of halogens is 2. The lowest BCUT2D eigenvalue weighted by Gasteiger charge is -2.29. The van der Waals surface area contributed by atoms with E-state index in [-0.39, 0.29) is 6.04 Å². The maximum Gasteiger partial charge on any atom is 0.159 e. The Kier molecular flexibility index (Phi) is 2.98. The van der Waals surface area contributed by atoms with Crippen LogP contribution in [0.5, 0.6) is 0 Å². The molecule has 1 aromatic carbocycles. The van der Waals surface area contributed by atoms with Crippen molar-refractivity contribution in [3.05, 3.63) is 29.3 Å². The quantitative estimate of drug-likeness (QED) is 0.794. The maximum absolute atomic E-state index is 13.1. The van der Waals surface area contributed by atoms with Crippen LogP contribution in [-0.2, 0) is 0 Å². The van der Waals surface area contributed by atoms with Crippen molar-refractivity contribution < 1.29 is 8.78 Å². The highest BCUT2D eigenvalue weighted by Gasteiger charge is 2.25. The largest absolute Gasteiger partial charge is 0.313 e. The van der Waals surface area contributed by atoms with E-state index >= 15 is 0 Å². The molecule has 0 saturated carbocycles. The molecule has 1 heterocycles. The van der Waals surface area contributed by atoms with E-state index in [0.717, 1.165) is 16.9 Å². The Morgan fingerprint density at radius 2 is 2.00 bits per heavy atom. The molecule has 4 heteroatoms. The lowest BCUT2D eigenvalue weighted by atomic mass is 10.0. The summed E-state index contributed by atoms with van der Waals surface area (Å²) in [6.07, 6.45) is 0.944. The van der Waals surface area contributed by atoms with Crippen LogP contribution >= 0.6 is 11.8 Å². The molecule has 1 aliphatic rings. The Hall–Kier alpha value is -0.610. The molecule has 2 unspecified atom stereocenters. The number of rotatable bonds is 1. The second-order valence-electron chi connectivity index (χ2n) is 3.81. The summed E-state index contributed by atoms with van der Waals surface area (Å²) in [6, 6.07) is 2.74. The van der Waals surface area contributed by atoms with Gasteiger partial charge in [-0.15, -0.1) is 11.8 Å². The van der Waals surface area contributed by atoms with Gasteiger partial charge in [-0.05, 0) is 31.2 Å². The van der Waals surface area contributed by atoms with Crippen LogP contribution in [0.4, 0.5) is 8.78 Å². The second-order valence-corrected chi connectivity index (χ2v) is 5.29. The number of fused-ring (bicyclic) bond motifs is 1. The van der Waals surface area contributed by atoms with Crippen molar-refractivity contribution in [2.75, 3.05) is 7.05 Å². The van der Waals surface area contributed by atoms with Gasteiger partial charge in [0.1, 0.15) is 0 Å². The van der Waals surface area contributed by atoms with Crippen LogP contribution in [0.2, 0.25) is 0 Å². The topological polar surface area (TPSA) is 12.0 Å². The number of hydrogen-bond acceptors (Lipinski definition) is 2. The van der Waals surface area contributed by atoms with E-state index in [4.69, 9.17) is 0 Å². The molecule has 0 fully saturated rings. The second kappa shape index (κ2) is 4.10. The third-order valence-electron chi connectivity index (χ3n) is 2.67. The molecule has 0 spiro atoms. The first-order valence-corrected chi connectivity index (χ1v) is 5.82. The van der Waals surface area contributed by atoms with E-state index in [0.29, 0.717) is 5.25 Å². The lowest BCUT2D eigenvalue weighted by molar-refractivity contribution is 0.485. The summed E-state index contributed by atoms with van der Waals surface area (Å²) in [5, 5.41) is 3.57. The van der Waals surface area contributed by atoms with Crippen molar-refractivity contribution in [1.82, 2.24) is 5.32 Å². The van der Waals surface area contributed by atoms with Crippen molar-refractivity contribution in [2.45, 2.75) is 29.5 Å². The van der Waals surface area contributed by atoms with Crippen LogP contribution in [0.1, 0.15) is 24.9 Å². The molecular weight excluding hydrogens is 216 g/mol. The smallest absolute Gasteiger partial charge is 0.159 e. The highest BCUT2D eigenvalue weighted by atomic mass is 32.2. The van der Waals surface area contributed by atoms with Crippen molar-refractivity contribution in [2.24, 2.45) is 0 Å². The van der Waals surface area contributed by atoms with Crippen LogP contribution in [0.3, 0.4) is 0 Å². The monoisotopic (exact) mass is 229 g/mol. The van der Waals surface area contributed by atoms with Gasteiger partial charge in [-0.25, -0.2) is 8.78 Å². The molecule has 1 N–H and O–H groups in total. The van der Waals surface area contributed by atoms with Crippen molar-refractivity contribution in [3.63, 3.8) is 0 Å². The Morgan fingerprint density at radius 1 is 1.33 bits per heavy atom. The Labute approximate surface area is 92.3 Å². The number of nitrogens with one attached hydrogen (secondary N) is 1. The molecule has 2 atom stereocenters. The van der Waals surface area contributed by atoms with E-state index in [9.17, 15) is 8.78 Å². The van der Waals surface area contributed by atoms with Crippen LogP contribution in [0.25, 0.3) is 0 Å². The standard InChI is InChI=1S/C11H13F2NS/c1-6-3-10(14-2)7-4-8(12)9(13)5-11(7)15-6/h4-6,10,14H,3H2,1-2H3. The van der Waals surface area contributed by atoms with Crippen molar-refractivity contribution in [3.8, 4) is 0 Å². The minimum atomic E-state index is -0.760. The van der Waals surface area contributed by atoms with Crippen LogP contribution in [0.15, 0.2) is 17.0 Å². The summed E-state index contributed by atoms with van der Waals surface area (Å²) in [6.45, 7) is 2.10. The molecule has 15 heavy (non-hydrogen) atoms. The predicted octanol–water partition coefficient (Wildman–Crippen LogP) is 3.11. The van der Waals surface area contributed by atoms with Gasteiger partial charge in [0.25, 0.3) is 0 Å². The van der Waals surface area contributed by atoms with E-state index in [2.05, 4.69) is 12.2 Å². The number of hydrogen-bond donors (Lipinski definition) is 1. The first kappa shape index (κ1) is 10.9. The average Bonchev–Trinajstić information content (AvgIpc) is 2.19. The van der Waals surface area contributed by atoms with Gasteiger partial charge < -0.3 is 5.32 Å². The van der Waals surface area contributed by atoms with Crippen LogP contribution < -0.4 is 5.32 Å². The SMILES string of the molecule is CNC1CC(C)Sc2cc(F)c(F)cc21. The third-order valence-corrected chi connectivity index (χ3v) is 3.87. The third kappa shape index (κ3) is 2.01. The van der Waals surface area contributed by atoms with Crippen LogP contribution in [0, 0.1) is 11.6 Å². The molecule has 0 bridgehead atoms. The summed E-state index contributed by atoms with van der Waals surface area (Å²) < 4.78 is 26.2. The molecule has 0 aliphatic carbocycles. The Balaban J connectivity index is 2.47. The lowest BCUT2D eigenvalue weighted by Crippen LogP contribution is -2.24. The van der Waals surface area contributed by atoms with E-state index in [1.807, 2.05) is 7.05 Å². The molecule has 1 nitrogen and oxygen atoms in total. The van der Waals surface area contributed by atoms with Gasteiger partial charge in [-0.2, -0.15) is 0 Å². The number of thioether (sulfide) groups is 1. The van der Waals surface area contributed by atoms with Gasteiger partial charge in [0, 0.05) is 16.2 Å². The normalized spacial score (nSPS) is 25.1. The van der Waals surface area contributed by atoms with Crippen molar-refractivity contribution >= 4 is 11.8 Å². The highest BCUT2D eigenvalue weighted by molar-refractivity contribution is 8.00. The predicted molar refractivity (Wildman–Crippen MR) is 58.1 cm³/mol. The minimum Gasteiger partial charge on any atom is -0.313 e. The van der Waals surface area contributed by atoms with Gasteiger partial charge in [-0.1, -0.05) is 6.92 Å². The molecule has 2 rings (SSSR count). The molecule has 0 aromatic heterocycles. The van der Waals surface area contributed by atoms with E-state index < -0.39 is 11.6 Å². The zero-order chi connectivity index (χ0) is 11.0. The van der Waals surface area contributed by atoms with E-state index in [1.54, 1.807) is 11.8 Å². The molecule has 0 amide bonds. The van der Waals surface area contributed by atoms with Gasteiger partial charge in [0.05, 0.1) is 0 Å².